The van der Waals surface area contributed by atoms with E-state index in [-0.39, 0.29) is 0 Å². The van der Waals surface area contributed by atoms with Gasteiger partial charge in [-0.25, -0.2) is 9.59 Å². The van der Waals surface area contributed by atoms with Crippen molar-refractivity contribution < 1.29 is 19.8 Å². The molecule has 2 N–H and O–H groups in total. The standard InChI is InChI=1S/C4H6.C2H2O4/c1-3-4-2;3-1(4)2(5)6/h3-4H,1-2H2;(H,3,4)(H,5,6). The van der Waals surface area contributed by atoms with Gasteiger partial charge in [0.2, 0.25) is 0 Å². The zero-order valence-corrected chi connectivity index (χ0v) is 5.28. The van der Waals surface area contributed by atoms with E-state index in [4.69, 9.17) is 19.8 Å². The minimum Gasteiger partial charge on any atom is -0.473 e. The Morgan fingerprint density at radius 2 is 1.20 bits per heavy atom. The van der Waals surface area contributed by atoms with Gasteiger partial charge in [-0.2, -0.15) is 0 Å². The van der Waals surface area contributed by atoms with Crippen LogP contribution in [-0.4, -0.2) is 22.2 Å². The summed E-state index contributed by atoms with van der Waals surface area (Å²) in [4.78, 5) is 18.2. The molecule has 4 nitrogen and oxygen atoms in total. The molecule has 4 heteroatoms. The third kappa shape index (κ3) is 16.1. The first-order valence-electron chi connectivity index (χ1n) is 2.26. The second kappa shape index (κ2) is 7.42. The number of carboxylic acids is 2. The smallest absolute Gasteiger partial charge is 0.414 e. The zero-order chi connectivity index (χ0) is 8.57. The lowest BCUT2D eigenvalue weighted by molar-refractivity contribution is -0.159. The van der Waals surface area contributed by atoms with Crippen molar-refractivity contribution in [3.05, 3.63) is 25.3 Å². The van der Waals surface area contributed by atoms with Gasteiger partial charge in [0.15, 0.2) is 0 Å². The largest absolute Gasteiger partial charge is 0.473 e. The van der Waals surface area contributed by atoms with Gasteiger partial charge in [0.05, 0.1) is 0 Å². The Kier molecular flexibility index (Phi) is 8.35. The summed E-state index contributed by atoms with van der Waals surface area (Å²) in [7, 11) is 0. The molecule has 0 aromatic carbocycles. The molecule has 0 radical (unpaired) electrons. The Labute approximate surface area is 58.1 Å². The molecule has 0 rings (SSSR count). The average Bonchev–Trinajstić information content (AvgIpc) is 1.89. The van der Waals surface area contributed by atoms with E-state index in [0.717, 1.165) is 0 Å². The summed E-state index contributed by atoms with van der Waals surface area (Å²) < 4.78 is 0. The lowest BCUT2D eigenvalue weighted by Gasteiger charge is -1.72. The Bertz CT molecular complexity index is 130. The van der Waals surface area contributed by atoms with Crippen LogP contribution in [0, 0.1) is 0 Å². The second-order valence-electron chi connectivity index (χ2n) is 1.08. The quantitative estimate of drug-likeness (QED) is 0.415. The van der Waals surface area contributed by atoms with Crippen molar-refractivity contribution in [2.75, 3.05) is 0 Å². The highest BCUT2D eigenvalue weighted by atomic mass is 16.4. The molecule has 0 unspecified atom stereocenters. The molecule has 0 amide bonds. The Morgan fingerprint density at radius 1 is 1.00 bits per heavy atom. The molecule has 0 spiro atoms. The summed E-state index contributed by atoms with van der Waals surface area (Å²) in [6, 6.07) is 0. The van der Waals surface area contributed by atoms with Crippen LogP contribution in [0.3, 0.4) is 0 Å². The van der Waals surface area contributed by atoms with E-state index in [1.165, 1.54) is 0 Å². The highest BCUT2D eigenvalue weighted by molar-refractivity contribution is 6.27. The summed E-state index contributed by atoms with van der Waals surface area (Å²) in [5, 5.41) is 14.8. The summed E-state index contributed by atoms with van der Waals surface area (Å²) in [6.45, 7) is 6.72. The van der Waals surface area contributed by atoms with Crippen LogP contribution in [0.25, 0.3) is 0 Å². The van der Waals surface area contributed by atoms with Crippen molar-refractivity contribution in [1.29, 1.82) is 0 Å². The van der Waals surface area contributed by atoms with Crippen LogP contribution in [0.1, 0.15) is 0 Å². The summed E-state index contributed by atoms with van der Waals surface area (Å²) >= 11 is 0. The fourth-order valence-corrected chi connectivity index (χ4v) is 0. The molecule has 0 aliphatic carbocycles. The van der Waals surface area contributed by atoms with E-state index < -0.39 is 11.9 Å². The fourth-order valence-electron chi connectivity index (χ4n) is 0. The maximum atomic E-state index is 9.10. The van der Waals surface area contributed by atoms with E-state index in [1.807, 2.05) is 0 Å². The first-order chi connectivity index (χ1) is 4.56. The summed E-state index contributed by atoms with van der Waals surface area (Å²) in [5.74, 6) is -3.65. The van der Waals surface area contributed by atoms with Crippen LogP contribution in [0.15, 0.2) is 25.3 Å². The lowest BCUT2D eigenvalue weighted by atomic mass is 10.6. The van der Waals surface area contributed by atoms with Crippen LogP contribution in [-0.2, 0) is 9.59 Å². The Morgan fingerprint density at radius 3 is 1.20 bits per heavy atom. The molecule has 0 bridgehead atoms. The van der Waals surface area contributed by atoms with Crippen molar-refractivity contribution >= 4 is 11.9 Å². The predicted molar refractivity (Wildman–Crippen MR) is 35.7 cm³/mol. The van der Waals surface area contributed by atoms with Crippen molar-refractivity contribution in [2.45, 2.75) is 0 Å². The molecule has 0 saturated heterocycles. The SMILES string of the molecule is C=CC=C.O=C(O)C(=O)O. The molecule has 0 atom stereocenters. The third-order valence-corrected chi connectivity index (χ3v) is 0.350. The van der Waals surface area contributed by atoms with Gasteiger partial charge in [0, 0.05) is 0 Å². The van der Waals surface area contributed by atoms with Gasteiger partial charge in [0.25, 0.3) is 0 Å². The molecule has 0 saturated carbocycles. The third-order valence-electron chi connectivity index (χ3n) is 0.350. The number of hydrogen-bond donors (Lipinski definition) is 2. The van der Waals surface area contributed by atoms with E-state index in [0.29, 0.717) is 0 Å². The molecule has 0 aliphatic rings. The maximum Gasteiger partial charge on any atom is 0.414 e. The molecule has 0 aromatic heterocycles. The average molecular weight is 144 g/mol. The molecule has 0 aliphatic heterocycles. The summed E-state index contributed by atoms with van der Waals surface area (Å²) in [5.41, 5.74) is 0. The van der Waals surface area contributed by atoms with E-state index in [2.05, 4.69) is 13.2 Å². The summed E-state index contributed by atoms with van der Waals surface area (Å²) in [6.07, 6.45) is 3.28. The van der Waals surface area contributed by atoms with Crippen LogP contribution < -0.4 is 0 Å². The highest BCUT2D eigenvalue weighted by Gasteiger charge is 2.04. The second-order valence-corrected chi connectivity index (χ2v) is 1.08. The molecule has 56 valence electrons. The van der Waals surface area contributed by atoms with Crippen LogP contribution in [0.5, 0.6) is 0 Å². The van der Waals surface area contributed by atoms with Gasteiger partial charge in [-0.15, -0.1) is 0 Å². The zero-order valence-electron chi connectivity index (χ0n) is 5.28. The van der Waals surface area contributed by atoms with Crippen molar-refractivity contribution in [3.63, 3.8) is 0 Å². The van der Waals surface area contributed by atoms with Crippen molar-refractivity contribution in [2.24, 2.45) is 0 Å². The molecular weight excluding hydrogens is 136 g/mol. The van der Waals surface area contributed by atoms with Crippen LogP contribution in [0.4, 0.5) is 0 Å². The number of carbonyl (C=O) groups is 2. The molecule has 10 heavy (non-hydrogen) atoms. The number of rotatable bonds is 1. The number of aliphatic carboxylic acids is 2. The number of allylic oxidation sites excluding steroid dienone is 2. The minimum atomic E-state index is -1.82. The number of carboxylic acid groups (broad SMARTS) is 2. The fraction of sp³-hybridized carbons (Fsp3) is 0. The minimum absolute atomic E-state index is 1.64. The predicted octanol–water partition coefficient (Wildman–Crippen LogP) is 0.514. The first-order valence-corrected chi connectivity index (χ1v) is 2.26. The molecule has 0 heterocycles. The topological polar surface area (TPSA) is 74.6 Å². The highest BCUT2D eigenvalue weighted by Crippen LogP contribution is 1.56. The Balaban J connectivity index is 0. The van der Waals surface area contributed by atoms with E-state index in [9.17, 15) is 0 Å². The molecule has 0 fully saturated rings. The molecular formula is C6H8O4. The maximum absolute atomic E-state index is 9.10. The lowest BCUT2D eigenvalue weighted by Crippen LogP contribution is -2.09. The molecule has 0 aromatic rings. The Hall–Kier alpha value is -1.58. The van der Waals surface area contributed by atoms with Crippen molar-refractivity contribution in [3.8, 4) is 0 Å². The first kappa shape index (κ1) is 11.2. The van der Waals surface area contributed by atoms with Gasteiger partial charge < -0.3 is 10.2 Å². The van der Waals surface area contributed by atoms with Gasteiger partial charge in [-0.3, -0.25) is 0 Å². The van der Waals surface area contributed by atoms with Gasteiger partial charge >= 0.3 is 11.9 Å². The number of hydrogen-bond acceptors (Lipinski definition) is 2. The van der Waals surface area contributed by atoms with Crippen LogP contribution in [0.2, 0.25) is 0 Å². The van der Waals surface area contributed by atoms with Gasteiger partial charge in [0.1, 0.15) is 0 Å². The van der Waals surface area contributed by atoms with Crippen LogP contribution >= 0.6 is 0 Å². The van der Waals surface area contributed by atoms with Gasteiger partial charge in [-0.05, 0) is 0 Å². The van der Waals surface area contributed by atoms with E-state index in [1.54, 1.807) is 12.2 Å². The van der Waals surface area contributed by atoms with Gasteiger partial charge in [-0.1, -0.05) is 25.3 Å². The van der Waals surface area contributed by atoms with Crippen molar-refractivity contribution in [1.82, 2.24) is 0 Å². The normalized spacial score (nSPS) is 6.40. The van der Waals surface area contributed by atoms with E-state index >= 15 is 0 Å². The monoisotopic (exact) mass is 144 g/mol.